The molecule has 0 saturated heterocycles. The number of aliphatic hydroxyl groups excluding tert-OH is 1. The van der Waals surface area contributed by atoms with Gasteiger partial charge in [0.2, 0.25) is 0 Å². The topological polar surface area (TPSA) is 95.4 Å². The first-order valence-corrected chi connectivity index (χ1v) is 5.88. The summed E-state index contributed by atoms with van der Waals surface area (Å²) in [5, 5.41) is 32.2. The van der Waals surface area contributed by atoms with Crippen molar-refractivity contribution >= 4 is 5.78 Å². The molecule has 1 atom stereocenters. The molecule has 0 aliphatic rings. The molecule has 0 saturated carbocycles. The Bertz CT molecular complexity index is 512. The van der Waals surface area contributed by atoms with Gasteiger partial charge in [-0.05, 0) is 39.0 Å². The second-order valence-electron chi connectivity index (χ2n) is 5.24. The van der Waals surface area contributed by atoms with Gasteiger partial charge in [0.25, 0.3) is 0 Å². The second kappa shape index (κ2) is 5.83. The molecule has 5 nitrogen and oxygen atoms in total. The summed E-state index contributed by atoms with van der Waals surface area (Å²) in [6, 6.07) is 5.80. The number of aromatic hydroxyl groups is 1. The van der Waals surface area contributed by atoms with Crippen LogP contribution in [0.15, 0.2) is 18.2 Å². The Morgan fingerprint density at radius 2 is 2.11 bits per heavy atom. The van der Waals surface area contributed by atoms with Crippen LogP contribution in [0.2, 0.25) is 0 Å². The minimum Gasteiger partial charge on any atom is -0.507 e. The van der Waals surface area contributed by atoms with Gasteiger partial charge in [0.1, 0.15) is 11.9 Å². The number of ketones is 1. The van der Waals surface area contributed by atoms with Gasteiger partial charge in [-0.3, -0.25) is 4.79 Å². The average molecular weight is 261 g/mol. The number of phenolic OH excluding ortho intramolecular Hbond substituents is 1. The highest BCUT2D eigenvalue weighted by Gasteiger charge is 2.23. The third-order valence-electron chi connectivity index (χ3n) is 2.43. The molecule has 0 aromatic heterocycles. The molecule has 0 fully saturated rings. The summed E-state index contributed by atoms with van der Waals surface area (Å²) in [6.45, 7) is 5.57. The maximum absolute atomic E-state index is 11.9. The van der Waals surface area contributed by atoms with Gasteiger partial charge in [-0.15, -0.1) is 0 Å². The van der Waals surface area contributed by atoms with Crippen LogP contribution in [0, 0.1) is 11.3 Å². The predicted octanol–water partition coefficient (Wildman–Crippen LogP) is 1.21. The molecule has 0 unspecified atom stereocenters. The van der Waals surface area contributed by atoms with E-state index in [2.05, 4.69) is 5.32 Å². The highest BCUT2D eigenvalue weighted by Crippen LogP contribution is 2.20. The summed E-state index contributed by atoms with van der Waals surface area (Å²) in [5.41, 5.74) is -0.0907. The minimum atomic E-state index is -1.29. The van der Waals surface area contributed by atoms with Crippen LogP contribution in [-0.2, 0) is 0 Å². The Hall–Kier alpha value is -1.90. The number of aliphatic hydroxyl groups is 1. The first-order valence-electron chi connectivity index (χ1n) is 5.88. The summed E-state index contributed by atoms with van der Waals surface area (Å²) in [6.07, 6.45) is -1.29. The molecule has 0 bridgehead atoms. The van der Waals surface area contributed by atoms with Crippen LogP contribution < -0.4 is 5.32 Å². The summed E-state index contributed by atoms with van der Waals surface area (Å²) >= 11 is 0. The van der Waals surface area contributed by atoms with Gasteiger partial charge >= 0.3 is 0 Å². The predicted molar refractivity (Wildman–Crippen MR) is 69.9 cm³/mol. The van der Waals surface area contributed by atoms with Gasteiger partial charge in [-0.1, -0.05) is 0 Å². The van der Waals surface area contributed by atoms with E-state index >= 15 is 0 Å². The van der Waals surface area contributed by atoms with Crippen molar-refractivity contribution in [2.24, 2.45) is 0 Å². The van der Waals surface area contributed by atoms with Gasteiger partial charge in [0.05, 0.1) is 17.2 Å². The van der Waals surface area contributed by atoms with E-state index in [1.54, 1.807) is 0 Å². The van der Waals surface area contributed by atoms with Crippen LogP contribution in [0.25, 0.3) is 0 Å². The van der Waals surface area contributed by atoms with Crippen molar-refractivity contribution < 1.29 is 15.0 Å². The molecule has 19 heavy (non-hydrogen) atoms. The van der Waals surface area contributed by atoms with Crippen molar-refractivity contribution in [3.63, 3.8) is 0 Å². The summed E-state index contributed by atoms with van der Waals surface area (Å²) in [7, 11) is 0. The number of carbonyl (C=O) groups excluding carboxylic acids is 1. The van der Waals surface area contributed by atoms with Gasteiger partial charge in [-0.25, -0.2) is 5.32 Å². The fourth-order valence-electron chi connectivity index (χ4n) is 1.43. The lowest BCUT2D eigenvalue weighted by atomic mass is 10.0. The Morgan fingerprint density at radius 3 is 2.58 bits per heavy atom. The van der Waals surface area contributed by atoms with Gasteiger partial charge in [-0.2, -0.15) is 5.26 Å². The fraction of sp³-hybridized carbons (Fsp3) is 0.429. The van der Waals surface area contributed by atoms with E-state index in [1.165, 1.54) is 18.2 Å². The zero-order valence-electron chi connectivity index (χ0n) is 11.2. The second-order valence-corrected chi connectivity index (χ2v) is 5.24. The van der Waals surface area contributed by atoms with Crippen LogP contribution in [0.5, 0.6) is 5.75 Å². The van der Waals surface area contributed by atoms with Gasteiger partial charge < -0.3 is 10.2 Å². The normalized spacial score (nSPS) is 12.8. The number of nitriles is 1. The van der Waals surface area contributed by atoms with Crippen molar-refractivity contribution in [2.45, 2.75) is 32.4 Å². The number of carbonyl (C=O) groups is 1. The monoisotopic (exact) mass is 261 g/mol. The smallest absolute Gasteiger partial charge is 0.196 e. The van der Waals surface area contributed by atoms with Crippen LogP contribution >= 0.6 is 0 Å². The molecule has 0 aliphatic heterocycles. The number of hydrogen-bond donors (Lipinski definition) is 2. The van der Waals surface area contributed by atoms with Gasteiger partial charge in [0.15, 0.2) is 5.78 Å². The molecular formula is C14H17N2O3. The number of nitrogens with zero attached hydrogens (tertiary/aromatic N) is 2. The summed E-state index contributed by atoms with van der Waals surface area (Å²) in [5.74, 6) is -0.908. The standard InChI is InChI=1S/C14H17N2O3/c1-14(2,3)16-8-12(18)13(19)10-5-4-9(7-15)6-11(10)17/h4-6,12,17-18H,8H2,1-3H3/t12-/m0/s1. The number of Topliss-reactive ketones (excluding diaryl/α,β-unsaturated/α-hetero) is 1. The lowest BCUT2D eigenvalue weighted by Gasteiger charge is -2.20. The van der Waals surface area contributed by atoms with E-state index in [-0.39, 0.29) is 29.0 Å². The zero-order chi connectivity index (χ0) is 14.6. The molecule has 0 aliphatic carbocycles. The molecule has 1 aromatic carbocycles. The zero-order valence-corrected chi connectivity index (χ0v) is 11.2. The maximum atomic E-state index is 11.9. The SMILES string of the molecule is CC(C)(C)[N]C[C@H](O)C(=O)c1ccc(C#N)cc1O. The summed E-state index contributed by atoms with van der Waals surface area (Å²) in [4.78, 5) is 11.9. The van der Waals surface area contributed by atoms with Crippen LogP contribution in [0.3, 0.4) is 0 Å². The van der Waals surface area contributed by atoms with E-state index in [1.807, 2.05) is 26.8 Å². The maximum Gasteiger partial charge on any atom is 0.196 e. The first kappa shape index (κ1) is 15.2. The number of hydrogen-bond acceptors (Lipinski definition) is 4. The van der Waals surface area contributed by atoms with Crippen molar-refractivity contribution in [3.05, 3.63) is 29.3 Å². The first-order chi connectivity index (χ1) is 8.74. The van der Waals surface area contributed by atoms with Crippen LogP contribution in [0.1, 0.15) is 36.7 Å². The Morgan fingerprint density at radius 1 is 1.47 bits per heavy atom. The summed E-state index contributed by atoms with van der Waals surface area (Å²) < 4.78 is 0. The molecule has 0 heterocycles. The molecule has 2 N–H and O–H groups in total. The van der Waals surface area contributed by atoms with Crippen molar-refractivity contribution in [3.8, 4) is 11.8 Å². The van der Waals surface area contributed by atoms with Crippen molar-refractivity contribution in [1.29, 1.82) is 5.26 Å². The third-order valence-corrected chi connectivity index (χ3v) is 2.43. The number of phenols is 1. The Labute approximate surface area is 112 Å². The fourth-order valence-corrected chi connectivity index (χ4v) is 1.43. The van der Waals surface area contributed by atoms with E-state index in [4.69, 9.17) is 5.26 Å². The number of rotatable bonds is 4. The average Bonchev–Trinajstić information content (AvgIpc) is 2.34. The Kier molecular flexibility index (Phi) is 4.65. The van der Waals surface area contributed by atoms with Crippen LogP contribution in [-0.4, -0.2) is 34.2 Å². The quantitative estimate of drug-likeness (QED) is 0.796. The third kappa shape index (κ3) is 4.36. The highest BCUT2D eigenvalue weighted by atomic mass is 16.3. The van der Waals surface area contributed by atoms with Gasteiger partial charge in [0, 0.05) is 12.1 Å². The highest BCUT2D eigenvalue weighted by molar-refractivity contribution is 6.01. The van der Waals surface area contributed by atoms with E-state index < -0.39 is 11.9 Å². The van der Waals surface area contributed by atoms with E-state index in [0.717, 1.165) is 0 Å². The molecule has 1 aromatic rings. The Balaban J connectivity index is 2.80. The molecule has 1 rings (SSSR count). The largest absolute Gasteiger partial charge is 0.507 e. The van der Waals surface area contributed by atoms with Crippen LogP contribution in [0.4, 0.5) is 0 Å². The van der Waals surface area contributed by atoms with Crippen molar-refractivity contribution in [2.75, 3.05) is 6.54 Å². The van der Waals surface area contributed by atoms with E-state index in [0.29, 0.717) is 0 Å². The van der Waals surface area contributed by atoms with Crippen molar-refractivity contribution in [1.82, 2.24) is 5.32 Å². The molecule has 0 spiro atoms. The molecule has 1 radical (unpaired) electrons. The minimum absolute atomic E-state index is 0.00407. The number of benzene rings is 1. The molecule has 0 amide bonds. The molecular weight excluding hydrogens is 244 g/mol. The molecule has 101 valence electrons. The lowest BCUT2D eigenvalue weighted by Crippen LogP contribution is -2.38. The van der Waals surface area contributed by atoms with E-state index in [9.17, 15) is 15.0 Å². The lowest BCUT2D eigenvalue weighted by molar-refractivity contribution is 0.0729. The molecule has 5 heteroatoms.